The summed E-state index contributed by atoms with van der Waals surface area (Å²) in [7, 11) is 0. The van der Waals surface area contributed by atoms with Crippen molar-refractivity contribution in [3.8, 4) is 28.5 Å². The van der Waals surface area contributed by atoms with Crippen LogP contribution in [0.15, 0.2) is 70.2 Å². The van der Waals surface area contributed by atoms with Gasteiger partial charge < -0.3 is 4.42 Å². The Morgan fingerprint density at radius 2 is 1.81 bits per heavy atom. The molecule has 0 aliphatic heterocycles. The number of furan rings is 1. The lowest BCUT2D eigenvalue weighted by molar-refractivity contribution is -0.113. The zero-order valence-electron chi connectivity index (χ0n) is 16.8. The highest BCUT2D eigenvalue weighted by Gasteiger charge is 2.24. The largest absolute Gasteiger partial charge is 0.438 e. The number of aromatic amines is 1. The average molecular weight is 430 g/mol. The number of anilines is 1. The minimum absolute atomic E-state index is 0.0912. The maximum atomic E-state index is 12.6. The van der Waals surface area contributed by atoms with Crippen LogP contribution in [0.1, 0.15) is 18.3 Å². The van der Waals surface area contributed by atoms with E-state index >= 15 is 0 Å². The number of rotatable bonds is 7. The fraction of sp³-hybridized carbons (Fsp3) is 0.130. The van der Waals surface area contributed by atoms with E-state index < -0.39 is 0 Å². The number of aromatic nitrogens is 3. The van der Waals surface area contributed by atoms with Crippen LogP contribution in [-0.2, 0) is 11.2 Å². The van der Waals surface area contributed by atoms with Gasteiger partial charge in [-0.2, -0.15) is 5.26 Å². The van der Waals surface area contributed by atoms with Crippen LogP contribution in [0.3, 0.4) is 0 Å². The summed E-state index contributed by atoms with van der Waals surface area (Å²) < 4.78 is 6.02. The zero-order valence-corrected chi connectivity index (χ0v) is 17.6. The topological polar surface area (TPSA) is 108 Å². The predicted molar refractivity (Wildman–Crippen MR) is 119 cm³/mol. The Hall–Kier alpha value is -3.83. The lowest BCUT2D eigenvalue weighted by Gasteiger charge is -2.03. The number of nitrogens with one attached hydrogen (secondary N) is 2. The Morgan fingerprint density at radius 1 is 1.13 bits per heavy atom. The molecule has 4 rings (SSSR count). The lowest BCUT2D eigenvalue weighted by Crippen LogP contribution is -2.14. The van der Waals surface area contributed by atoms with Gasteiger partial charge in [0.05, 0.1) is 5.75 Å². The molecule has 2 N–H and O–H groups in total. The molecule has 0 fully saturated rings. The Balaban J connectivity index is 1.64. The fourth-order valence-corrected chi connectivity index (χ4v) is 3.71. The van der Waals surface area contributed by atoms with Crippen LogP contribution in [0.2, 0.25) is 0 Å². The highest BCUT2D eigenvalue weighted by atomic mass is 32.2. The van der Waals surface area contributed by atoms with Crippen LogP contribution >= 0.6 is 11.8 Å². The summed E-state index contributed by atoms with van der Waals surface area (Å²) in [6.45, 7) is 1.97. The number of nitriles is 1. The number of carbonyl (C=O) groups is 1. The molecule has 0 radical (unpaired) electrons. The summed E-state index contributed by atoms with van der Waals surface area (Å²) in [5.74, 6) is 1.22. The van der Waals surface area contributed by atoms with Gasteiger partial charge in [0.15, 0.2) is 0 Å². The molecule has 0 bridgehead atoms. The lowest BCUT2D eigenvalue weighted by atomic mass is 9.98. The molecule has 4 aromatic rings. The number of hydrogen-bond acceptors (Lipinski definition) is 6. The van der Waals surface area contributed by atoms with E-state index in [9.17, 15) is 10.1 Å². The van der Waals surface area contributed by atoms with E-state index in [1.54, 1.807) is 0 Å². The molecular formula is C23H19N5O2S. The molecule has 0 spiro atoms. The standard InChI is InChI=1S/C23H19N5O2S/c1-2-18-25-23(28-27-18)31-14-19(29)26-22-17(13-24)20(15-9-5-3-6-10-15)21(30-22)16-11-7-4-8-12-16/h3-12H,2,14H2,1H3,(H,26,29)(H,25,27,28). The van der Waals surface area contributed by atoms with E-state index in [0.29, 0.717) is 16.5 Å². The summed E-state index contributed by atoms with van der Waals surface area (Å²) in [5, 5.41) is 20.0. The van der Waals surface area contributed by atoms with Crippen molar-refractivity contribution >= 4 is 23.6 Å². The second kappa shape index (κ2) is 9.32. The van der Waals surface area contributed by atoms with Crippen molar-refractivity contribution < 1.29 is 9.21 Å². The Bertz CT molecular complexity index is 1230. The number of thioether (sulfide) groups is 1. The van der Waals surface area contributed by atoms with Crippen LogP contribution in [-0.4, -0.2) is 26.8 Å². The highest BCUT2D eigenvalue weighted by Crippen LogP contribution is 2.41. The van der Waals surface area contributed by atoms with Gasteiger partial charge in [0, 0.05) is 17.5 Å². The van der Waals surface area contributed by atoms with Gasteiger partial charge in [-0.05, 0) is 5.56 Å². The monoisotopic (exact) mass is 429 g/mol. The summed E-state index contributed by atoms with van der Waals surface area (Å²) in [6.07, 6.45) is 0.738. The molecule has 0 atom stereocenters. The fourth-order valence-electron chi connectivity index (χ4n) is 3.09. The number of nitrogens with zero attached hydrogens (tertiary/aromatic N) is 3. The van der Waals surface area contributed by atoms with Crippen molar-refractivity contribution in [2.45, 2.75) is 18.5 Å². The first-order valence-corrected chi connectivity index (χ1v) is 10.7. The van der Waals surface area contributed by atoms with Gasteiger partial charge in [-0.15, -0.1) is 5.10 Å². The first kappa shape index (κ1) is 20.4. The molecule has 0 aliphatic carbocycles. The van der Waals surface area contributed by atoms with E-state index in [1.165, 1.54) is 11.8 Å². The second-order valence-corrected chi connectivity index (χ2v) is 7.55. The molecule has 1 amide bonds. The minimum atomic E-state index is -0.308. The molecule has 154 valence electrons. The van der Waals surface area contributed by atoms with Gasteiger partial charge >= 0.3 is 0 Å². The Labute approximate surface area is 183 Å². The molecule has 2 heterocycles. The third-order valence-electron chi connectivity index (χ3n) is 4.55. The van der Waals surface area contributed by atoms with Gasteiger partial charge in [-0.25, -0.2) is 4.98 Å². The Kier molecular flexibility index (Phi) is 6.15. The van der Waals surface area contributed by atoms with E-state index in [4.69, 9.17) is 4.42 Å². The maximum Gasteiger partial charge on any atom is 0.237 e. The molecule has 8 heteroatoms. The number of carbonyl (C=O) groups excluding carboxylic acids is 1. The number of amides is 1. The van der Waals surface area contributed by atoms with Gasteiger partial charge in [0.2, 0.25) is 16.9 Å². The summed E-state index contributed by atoms with van der Waals surface area (Å²) in [4.78, 5) is 16.8. The van der Waals surface area contributed by atoms with E-state index in [-0.39, 0.29) is 23.1 Å². The molecule has 2 aromatic heterocycles. The van der Waals surface area contributed by atoms with Gasteiger partial charge in [0.25, 0.3) is 0 Å². The van der Waals surface area contributed by atoms with Crippen LogP contribution in [0.5, 0.6) is 0 Å². The van der Waals surface area contributed by atoms with E-state index in [0.717, 1.165) is 23.4 Å². The molecule has 31 heavy (non-hydrogen) atoms. The number of H-pyrrole nitrogens is 1. The maximum absolute atomic E-state index is 12.6. The van der Waals surface area contributed by atoms with Crippen molar-refractivity contribution in [2.24, 2.45) is 0 Å². The summed E-state index contributed by atoms with van der Waals surface area (Å²) in [6, 6.07) is 21.2. The number of hydrogen-bond donors (Lipinski definition) is 2. The van der Waals surface area contributed by atoms with Crippen molar-refractivity contribution in [3.05, 3.63) is 72.1 Å². The van der Waals surface area contributed by atoms with Crippen molar-refractivity contribution in [2.75, 3.05) is 11.1 Å². The number of aryl methyl sites for hydroxylation is 1. The smallest absolute Gasteiger partial charge is 0.237 e. The first-order valence-electron chi connectivity index (χ1n) is 9.71. The van der Waals surface area contributed by atoms with Crippen molar-refractivity contribution in [1.82, 2.24) is 15.2 Å². The van der Waals surface area contributed by atoms with Crippen molar-refractivity contribution in [1.29, 1.82) is 5.26 Å². The zero-order chi connectivity index (χ0) is 21.6. The molecule has 2 aromatic carbocycles. The molecule has 0 saturated heterocycles. The molecular weight excluding hydrogens is 410 g/mol. The normalized spacial score (nSPS) is 10.6. The third-order valence-corrected chi connectivity index (χ3v) is 5.40. The quantitative estimate of drug-likeness (QED) is 0.405. The Morgan fingerprint density at radius 3 is 2.42 bits per heavy atom. The SMILES string of the molecule is CCc1nc(SCC(=O)Nc2oc(-c3ccccc3)c(-c3ccccc3)c2C#N)n[nH]1. The predicted octanol–water partition coefficient (Wildman–Crippen LogP) is 4.90. The van der Waals surface area contributed by atoms with Crippen LogP contribution in [0.25, 0.3) is 22.5 Å². The molecule has 0 saturated carbocycles. The highest BCUT2D eigenvalue weighted by molar-refractivity contribution is 7.99. The van der Waals surface area contributed by atoms with Crippen LogP contribution in [0.4, 0.5) is 5.88 Å². The summed E-state index contributed by atoms with van der Waals surface area (Å²) >= 11 is 1.21. The third kappa shape index (κ3) is 4.52. The van der Waals surface area contributed by atoms with Crippen LogP contribution in [0, 0.1) is 11.3 Å². The first-order chi connectivity index (χ1) is 15.2. The molecule has 0 aliphatic rings. The van der Waals surface area contributed by atoms with Gasteiger partial charge in [0.1, 0.15) is 23.2 Å². The van der Waals surface area contributed by atoms with Gasteiger partial charge in [-0.3, -0.25) is 15.2 Å². The molecule has 7 nitrogen and oxygen atoms in total. The van der Waals surface area contributed by atoms with Gasteiger partial charge in [-0.1, -0.05) is 79.3 Å². The second-order valence-electron chi connectivity index (χ2n) is 6.61. The summed E-state index contributed by atoms with van der Waals surface area (Å²) in [5.41, 5.74) is 2.60. The minimum Gasteiger partial charge on any atom is -0.438 e. The van der Waals surface area contributed by atoms with Crippen LogP contribution < -0.4 is 5.32 Å². The average Bonchev–Trinajstić information content (AvgIpc) is 3.43. The van der Waals surface area contributed by atoms with E-state index in [1.807, 2.05) is 67.6 Å². The van der Waals surface area contributed by atoms with E-state index in [2.05, 4.69) is 26.6 Å². The molecule has 0 unspecified atom stereocenters. The van der Waals surface area contributed by atoms with Crippen molar-refractivity contribution in [3.63, 3.8) is 0 Å². The number of benzene rings is 2.